The van der Waals surface area contributed by atoms with Crippen LogP contribution in [-0.4, -0.2) is 16.1 Å². The van der Waals surface area contributed by atoms with Gasteiger partial charge in [0.25, 0.3) is 5.91 Å². The van der Waals surface area contributed by atoms with Gasteiger partial charge in [-0.15, -0.1) is 0 Å². The molecule has 5 nitrogen and oxygen atoms in total. The van der Waals surface area contributed by atoms with Gasteiger partial charge in [0.15, 0.2) is 11.6 Å². The van der Waals surface area contributed by atoms with Gasteiger partial charge in [-0.2, -0.15) is 0 Å². The summed E-state index contributed by atoms with van der Waals surface area (Å²) in [4.78, 5) is 12.1. The maximum absolute atomic E-state index is 14.1. The molecule has 3 aromatic rings. The number of carbonyl (C=O) groups excluding carboxylic acids is 1. The topological polar surface area (TPSA) is 82.7 Å². The molecule has 0 spiro atoms. The third kappa shape index (κ3) is 2.79. The number of carbonyl (C=O) groups is 1. The average Bonchev–Trinajstić information content (AvgIpc) is 2.86. The van der Waals surface area contributed by atoms with Crippen LogP contribution in [-0.2, 0) is 0 Å². The van der Waals surface area contributed by atoms with Crippen LogP contribution >= 0.6 is 11.6 Å². The van der Waals surface area contributed by atoms with Crippen LogP contribution in [0.15, 0.2) is 52.9 Å². The number of hydrogen-bond acceptors (Lipinski definition) is 4. The van der Waals surface area contributed by atoms with Crippen molar-refractivity contribution < 1.29 is 23.8 Å². The Balaban J connectivity index is 1.97. The summed E-state index contributed by atoms with van der Waals surface area (Å²) in [5.74, 6) is -3.50. The molecule has 0 radical (unpaired) electrons. The lowest BCUT2D eigenvalue weighted by atomic mass is 10.1. The summed E-state index contributed by atoms with van der Waals surface area (Å²) in [6.07, 6.45) is 0. The van der Waals surface area contributed by atoms with Crippen LogP contribution in [0.2, 0.25) is 5.02 Å². The van der Waals surface area contributed by atoms with Gasteiger partial charge in [0.1, 0.15) is 0 Å². The van der Waals surface area contributed by atoms with Gasteiger partial charge in [0, 0.05) is 5.56 Å². The monoisotopic (exact) mass is 347 g/mol. The van der Waals surface area contributed by atoms with Crippen molar-refractivity contribution in [1.29, 1.82) is 0 Å². The second-order valence-electron chi connectivity index (χ2n) is 4.88. The van der Waals surface area contributed by atoms with E-state index in [9.17, 15) is 19.4 Å². The van der Waals surface area contributed by atoms with Crippen molar-refractivity contribution in [3.05, 3.63) is 64.9 Å². The van der Waals surface area contributed by atoms with E-state index in [2.05, 4.69) is 5.32 Å². The molecule has 0 aliphatic rings. The zero-order valence-electron chi connectivity index (χ0n) is 12.1. The first-order valence-electron chi connectivity index (χ1n) is 6.84. The predicted octanol–water partition coefficient (Wildman–Crippen LogP) is 4.40. The van der Waals surface area contributed by atoms with Gasteiger partial charge in [-0.25, -0.2) is 4.39 Å². The number of hydrogen-bond donors (Lipinski definition) is 3. The van der Waals surface area contributed by atoms with Crippen LogP contribution in [0.3, 0.4) is 0 Å². The lowest BCUT2D eigenvalue weighted by Crippen LogP contribution is -2.11. The van der Waals surface area contributed by atoms with Crippen LogP contribution < -0.4 is 5.32 Å². The Morgan fingerprint density at radius 2 is 1.75 bits per heavy atom. The van der Waals surface area contributed by atoms with E-state index in [1.165, 1.54) is 18.2 Å². The minimum absolute atomic E-state index is 0.143. The molecule has 0 saturated heterocycles. The quantitative estimate of drug-likeness (QED) is 0.655. The number of anilines is 1. The van der Waals surface area contributed by atoms with Gasteiger partial charge in [-0.3, -0.25) is 10.1 Å². The maximum Gasteiger partial charge on any atom is 0.258 e. The average molecular weight is 348 g/mol. The van der Waals surface area contributed by atoms with Gasteiger partial charge >= 0.3 is 0 Å². The lowest BCUT2D eigenvalue weighted by Gasteiger charge is -2.02. The van der Waals surface area contributed by atoms with E-state index < -0.39 is 29.1 Å². The molecule has 3 rings (SSSR count). The number of amides is 1. The predicted molar refractivity (Wildman–Crippen MR) is 86.8 cm³/mol. The molecule has 2 aromatic carbocycles. The van der Waals surface area contributed by atoms with Gasteiger partial charge in [-0.1, -0.05) is 35.9 Å². The third-order valence-electron chi connectivity index (χ3n) is 3.32. The number of aromatic hydroxyl groups is 2. The molecule has 1 heterocycles. The van der Waals surface area contributed by atoms with Gasteiger partial charge in [0.05, 0.1) is 10.6 Å². The van der Waals surface area contributed by atoms with E-state index in [1.54, 1.807) is 30.3 Å². The number of furan rings is 1. The smallest absolute Gasteiger partial charge is 0.258 e. The first kappa shape index (κ1) is 15.9. The standard InChI is InChI=1S/C17H11ClFNO4/c18-11-8-4-7-10(12(11)19)15-13(21)14(22)17(24-15)20-16(23)9-5-2-1-3-6-9/h1-8,21-22H,(H,20,23). The van der Waals surface area contributed by atoms with Crippen molar-refractivity contribution in [3.8, 4) is 22.8 Å². The second-order valence-corrected chi connectivity index (χ2v) is 5.29. The summed E-state index contributed by atoms with van der Waals surface area (Å²) in [6.45, 7) is 0. The summed E-state index contributed by atoms with van der Waals surface area (Å²) in [5, 5.41) is 22.0. The van der Waals surface area contributed by atoms with Crippen LogP contribution in [0.4, 0.5) is 10.3 Å². The number of benzene rings is 2. The lowest BCUT2D eigenvalue weighted by molar-refractivity contribution is 0.102. The van der Waals surface area contributed by atoms with E-state index in [1.807, 2.05) is 0 Å². The fourth-order valence-electron chi connectivity index (χ4n) is 2.13. The van der Waals surface area contributed by atoms with Crippen molar-refractivity contribution in [3.63, 3.8) is 0 Å². The highest BCUT2D eigenvalue weighted by Crippen LogP contribution is 2.46. The highest BCUT2D eigenvalue weighted by Gasteiger charge is 2.25. The SMILES string of the molecule is O=C(Nc1oc(-c2cccc(Cl)c2F)c(O)c1O)c1ccccc1. The summed E-state index contributed by atoms with van der Waals surface area (Å²) < 4.78 is 19.3. The van der Waals surface area contributed by atoms with Crippen LogP contribution in [0.1, 0.15) is 10.4 Å². The van der Waals surface area contributed by atoms with Gasteiger partial charge in [0.2, 0.25) is 17.4 Å². The van der Waals surface area contributed by atoms with Crippen molar-refractivity contribution in [1.82, 2.24) is 0 Å². The van der Waals surface area contributed by atoms with E-state index in [0.717, 1.165) is 0 Å². The number of nitrogens with one attached hydrogen (secondary N) is 1. The number of rotatable bonds is 3. The Hall–Kier alpha value is -2.99. The summed E-state index contributed by atoms with van der Waals surface area (Å²) in [5.41, 5.74) is 0.179. The molecular weight excluding hydrogens is 337 g/mol. The van der Waals surface area contributed by atoms with E-state index >= 15 is 0 Å². The van der Waals surface area contributed by atoms with Crippen LogP contribution in [0.25, 0.3) is 11.3 Å². The molecule has 0 saturated carbocycles. The minimum Gasteiger partial charge on any atom is -0.502 e. The second kappa shape index (κ2) is 6.25. The molecule has 0 bridgehead atoms. The fourth-order valence-corrected chi connectivity index (χ4v) is 2.30. The highest BCUT2D eigenvalue weighted by molar-refractivity contribution is 6.31. The Morgan fingerprint density at radius 1 is 1.04 bits per heavy atom. The zero-order valence-corrected chi connectivity index (χ0v) is 12.8. The molecule has 3 N–H and O–H groups in total. The molecule has 0 unspecified atom stereocenters. The molecule has 0 aliphatic heterocycles. The summed E-state index contributed by atoms with van der Waals surface area (Å²) >= 11 is 5.70. The molecule has 1 amide bonds. The molecule has 122 valence electrons. The van der Waals surface area contributed by atoms with Crippen molar-refractivity contribution in [2.75, 3.05) is 5.32 Å². The van der Waals surface area contributed by atoms with Gasteiger partial charge in [-0.05, 0) is 24.3 Å². The van der Waals surface area contributed by atoms with Crippen LogP contribution in [0.5, 0.6) is 11.5 Å². The molecule has 0 aliphatic carbocycles. The molecule has 1 aromatic heterocycles. The summed E-state index contributed by atoms with van der Waals surface area (Å²) in [7, 11) is 0. The van der Waals surface area contributed by atoms with Crippen molar-refractivity contribution >= 4 is 23.4 Å². The fraction of sp³-hybridized carbons (Fsp3) is 0. The van der Waals surface area contributed by atoms with Crippen LogP contribution in [0, 0.1) is 5.82 Å². The normalized spacial score (nSPS) is 10.6. The molecule has 0 fully saturated rings. The Morgan fingerprint density at radius 3 is 2.46 bits per heavy atom. The van der Waals surface area contributed by atoms with E-state index in [-0.39, 0.29) is 16.3 Å². The first-order valence-corrected chi connectivity index (χ1v) is 7.22. The minimum atomic E-state index is -0.816. The highest BCUT2D eigenvalue weighted by atomic mass is 35.5. The van der Waals surface area contributed by atoms with Crippen molar-refractivity contribution in [2.24, 2.45) is 0 Å². The Labute approximate surface area is 140 Å². The maximum atomic E-state index is 14.1. The largest absolute Gasteiger partial charge is 0.502 e. The summed E-state index contributed by atoms with van der Waals surface area (Å²) in [6, 6.07) is 12.3. The first-order chi connectivity index (χ1) is 11.5. The molecule has 24 heavy (non-hydrogen) atoms. The number of halogens is 2. The van der Waals surface area contributed by atoms with E-state index in [4.69, 9.17) is 16.0 Å². The molecule has 0 atom stereocenters. The Bertz CT molecular complexity index is 908. The molecular formula is C17H11ClFNO4. The zero-order chi connectivity index (χ0) is 17.3. The van der Waals surface area contributed by atoms with Crippen molar-refractivity contribution in [2.45, 2.75) is 0 Å². The van der Waals surface area contributed by atoms with E-state index in [0.29, 0.717) is 5.56 Å². The molecule has 7 heteroatoms. The third-order valence-corrected chi connectivity index (χ3v) is 3.61. The Kier molecular flexibility index (Phi) is 4.14. The van der Waals surface area contributed by atoms with Gasteiger partial charge < -0.3 is 14.6 Å².